The molecule has 0 saturated carbocycles. The summed E-state index contributed by atoms with van der Waals surface area (Å²) in [6.45, 7) is 23.5. The van der Waals surface area contributed by atoms with Crippen LogP contribution in [-0.4, -0.2) is 46.1 Å². The minimum Gasteiger partial charge on any atom is -0.416 e. The molecule has 0 aliphatic heterocycles. The van der Waals surface area contributed by atoms with E-state index in [4.69, 9.17) is 13.9 Å². The van der Waals surface area contributed by atoms with E-state index in [1.54, 1.807) is 7.11 Å². The van der Waals surface area contributed by atoms with Crippen LogP contribution in [0.2, 0.25) is 16.6 Å². The van der Waals surface area contributed by atoms with Gasteiger partial charge in [0.25, 0.3) is 0 Å². The molecule has 1 rings (SSSR count). The molecule has 0 spiro atoms. The molecule has 4 nitrogen and oxygen atoms in total. The Bertz CT molecular complexity index is 664. The van der Waals surface area contributed by atoms with Crippen LogP contribution in [-0.2, 0) is 13.9 Å². The second-order valence-corrected chi connectivity index (χ2v) is 17.8. The smallest absolute Gasteiger partial charge is 0.200 e. The minimum absolute atomic E-state index is 0.0503. The van der Waals surface area contributed by atoms with Crippen LogP contribution in [0.4, 0.5) is 0 Å². The number of aliphatic hydroxyl groups is 1. The Morgan fingerprint density at radius 2 is 1.79 bits per heavy atom. The third-order valence-corrected chi connectivity index (χ3v) is 14.6. The zero-order chi connectivity index (χ0) is 26.1. The quantitative estimate of drug-likeness (QED) is 0.0672. The lowest BCUT2D eigenvalue weighted by Crippen LogP contribution is -2.47. The van der Waals surface area contributed by atoms with Gasteiger partial charge in [-0.05, 0) is 106 Å². The van der Waals surface area contributed by atoms with Gasteiger partial charge in [0.2, 0.25) is 0 Å². The Hall–Kier alpha value is 0.00688. The molecule has 4 atom stereocenters. The lowest BCUT2D eigenvalue weighted by molar-refractivity contribution is -0.0904. The normalized spacial score (nSPS) is 23.1. The number of hydrogen-bond acceptors (Lipinski definition) is 4. The Morgan fingerprint density at radius 1 is 1.21 bits per heavy atom. The average molecular weight is 607 g/mol. The summed E-state index contributed by atoms with van der Waals surface area (Å²) >= 11 is 2.38. The predicted molar refractivity (Wildman–Crippen MR) is 156 cm³/mol. The molecule has 0 unspecified atom stereocenters. The number of rotatable bonds is 15. The van der Waals surface area contributed by atoms with Crippen molar-refractivity contribution in [3.63, 3.8) is 0 Å². The van der Waals surface area contributed by atoms with Crippen molar-refractivity contribution in [2.24, 2.45) is 11.8 Å². The molecule has 34 heavy (non-hydrogen) atoms. The highest BCUT2D eigenvalue weighted by Crippen LogP contribution is 2.42. The van der Waals surface area contributed by atoms with Crippen LogP contribution >= 0.6 is 22.6 Å². The Labute approximate surface area is 224 Å². The Morgan fingerprint density at radius 3 is 2.29 bits per heavy atom. The molecule has 6 heteroatoms. The highest BCUT2D eigenvalue weighted by Gasteiger charge is 2.44. The van der Waals surface area contributed by atoms with Gasteiger partial charge in [-0.1, -0.05) is 59.8 Å². The maximum Gasteiger partial charge on any atom is 0.200 e. The van der Waals surface area contributed by atoms with Crippen LogP contribution in [0, 0.1) is 11.8 Å². The lowest BCUT2D eigenvalue weighted by atomic mass is 9.72. The van der Waals surface area contributed by atoms with Crippen molar-refractivity contribution in [1.29, 1.82) is 0 Å². The monoisotopic (exact) mass is 606 g/mol. The second-order valence-electron chi connectivity index (χ2n) is 11.0. The number of aliphatic hydroxyl groups excluding tert-OH is 1. The van der Waals surface area contributed by atoms with E-state index in [1.807, 2.05) is 6.08 Å². The van der Waals surface area contributed by atoms with Gasteiger partial charge in [0.05, 0.1) is 12.2 Å². The molecule has 0 saturated heterocycles. The average Bonchev–Trinajstić information content (AvgIpc) is 2.72. The molecular formula is C28H51IO4Si. The second kappa shape index (κ2) is 15.3. The van der Waals surface area contributed by atoms with E-state index in [-0.39, 0.29) is 18.8 Å². The van der Waals surface area contributed by atoms with Crippen molar-refractivity contribution >= 4 is 30.9 Å². The highest BCUT2D eigenvalue weighted by molar-refractivity contribution is 14.1. The molecule has 0 aromatic heterocycles. The van der Waals surface area contributed by atoms with Crippen molar-refractivity contribution in [1.82, 2.24) is 0 Å². The van der Waals surface area contributed by atoms with Gasteiger partial charge < -0.3 is 19.0 Å². The topological polar surface area (TPSA) is 47.9 Å². The molecule has 0 radical (unpaired) electrons. The molecule has 198 valence electrons. The first kappa shape index (κ1) is 32.0. The summed E-state index contributed by atoms with van der Waals surface area (Å²) in [6.07, 6.45) is 7.25. The molecule has 1 aliphatic carbocycles. The van der Waals surface area contributed by atoms with Crippen molar-refractivity contribution in [2.45, 2.75) is 110 Å². The van der Waals surface area contributed by atoms with E-state index in [1.165, 1.54) is 9.15 Å². The van der Waals surface area contributed by atoms with Gasteiger partial charge in [0, 0.05) is 13.7 Å². The van der Waals surface area contributed by atoms with Crippen LogP contribution < -0.4 is 0 Å². The first-order chi connectivity index (χ1) is 15.9. The van der Waals surface area contributed by atoms with Crippen LogP contribution in [0.25, 0.3) is 0 Å². The van der Waals surface area contributed by atoms with Crippen LogP contribution in [0.3, 0.4) is 0 Å². The summed E-state index contributed by atoms with van der Waals surface area (Å²) in [4.78, 5) is 0. The lowest BCUT2D eigenvalue weighted by Gasteiger charge is -2.42. The van der Waals surface area contributed by atoms with Crippen LogP contribution in [0.5, 0.6) is 0 Å². The maximum atomic E-state index is 11.0. The van der Waals surface area contributed by atoms with E-state index < -0.39 is 14.4 Å². The van der Waals surface area contributed by atoms with Gasteiger partial charge in [-0.25, -0.2) is 0 Å². The number of halogens is 1. The summed E-state index contributed by atoms with van der Waals surface area (Å²) < 4.78 is 19.1. The first-order valence-electron chi connectivity index (χ1n) is 13.0. The summed E-state index contributed by atoms with van der Waals surface area (Å²) in [5.74, 6) is 0.493. The molecule has 0 bridgehead atoms. The third-order valence-electron chi connectivity index (χ3n) is 7.55. The zero-order valence-corrected chi connectivity index (χ0v) is 26.4. The van der Waals surface area contributed by atoms with Gasteiger partial charge in [0.15, 0.2) is 8.32 Å². The fraction of sp³-hybridized carbons (Fsp3) is 0.786. The van der Waals surface area contributed by atoms with Crippen molar-refractivity contribution < 1.29 is 19.0 Å². The van der Waals surface area contributed by atoms with Crippen LogP contribution in [0.15, 0.2) is 33.5 Å². The summed E-state index contributed by atoms with van der Waals surface area (Å²) in [5, 5.41) is 11.0. The summed E-state index contributed by atoms with van der Waals surface area (Å²) in [7, 11) is -0.168. The maximum absolute atomic E-state index is 11.0. The predicted octanol–water partition coefficient (Wildman–Crippen LogP) is 8.18. The third kappa shape index (κ3) is 8.84. The molecule has 1 N–H and O–H groups in total. The van der Waals surface area contributed by atoms with E-state index in [2.05, 4.69) is 90.6 Å². The van der Waals surface area contributed by atoms with Crippen LogP contribution in [0.1, 0.15) is 81.1 Å². The van der Waals surface area contributed by atoms with Crippen molar-refractivity contribution in [3.8, 4) is 0 Å². The summed E-state index contributed by atoms with van der Waals surface area (Å²) in [5.41, 5.74) is 4.18. The number of hydrogen-bond donors (Lipinski definition) is 1. The molecular weight excluding hydrogens is 555 g/mol. The van der Waals surface area contributed by atoms with E-state index in [9.17, 15) is 5.11 Å². The Balaban J connectivity index is 2.76. The molecule has 0 heterocycles. The Kier molecular flexibility index (Phi) is 14.4. The first-order valence-corrected chi connectivity index (χ1v) is 16.2. The van der Waals surface area contributed by atoms with Crippen molar-refractivity contribution in [2.75, 3.05) is 20.5 Å². The molecule has 0 aromatic carbocycles. The number of methoxy groups -OCH3 is 1. The molecule has 0 aromatic rings. The fourth-order valence-electron chi connectivity index (χ4n) is 6.03. The number of allylic oxidation sites excluding steroid dienone is 3. The van der Waals surface area contributed by atoms with Crippen molar-refractivity contribution in [3.05, 3.63) is 33.5 Å². The van der Waals surface area contributed by atoms with Gasteiger partial charge in [0.1, 0.15) is 6.79 Å². The molecule has 0 fully saturated rings. The molecule has 1 aliphatic rings. The zero-order valence-electron chi connectivity index (χ0n) is 23.2. The number of ether oxygens (including phenoxy) is 2. The SMILES string of the molecule is C=C(C)[C@@H]1CC=C(C)[C@H](OCOC)[C@H]1C[C@@H](O)/C=C(/I)CCCO[Si](C(C)C)(C(C)C)C(C)C. The van der Waals surface area contributed by atoms with Gasteiger partial charge >= 0.3 is 0 Å². The summed E-state index contributed by atoms with van der Waals surface area (Å²) in [6, 6.07) is 0. The van der Waals surface area contributed by atoms with E-state index in [0.717, 1.165) is 31.4 Å². The fourth-order valence-corrected chi connectivity index (χ4v) is 12.3. The minimum atomic E-state index is -1.81. The highest BCUT2D eigenvalue weighted by atomic mass is 127. The van der Waals surface area contributed by atoms with E-state index in [0.29, 0.717) is 29.0 Å². The van der Waals surface area contributed by atoms with Gasteiger partial charge in [-0.2, -0.15) is 0 Å². The van der Waals surface area contributed by atoms with Gasteiger partial charge in [-0.3, -0.25) is 0 Å². The largest absolute Gasteiger partial charge is 0.416 e. The standard InChI is InChI=1S/C28H51IO4Si/c1-19(2)26-14-13-23(9)28(32-18-31-10)27(26)17-25(30)16-24(29)12-11-15-33-34(20(3)4,21(5)6)22(7)8/h13,16,20-22,25-28,30H,1,11-12,14-15,17-18H2,2-10H3/b24-16+/t25-,26-,27-,28-/m0/s1. The van der Waals surface area contributed by atoms with Gasteiger partial charge in [-0.15, -0.1) is 0 Å². The molecule has 0 amide bonds. The van der Waals surface area contributed by atoms with E-state index >= 15 is 0 Å².